The second-order valence-electron chi connectivity index (χ2n) is 4.31. The van der Waals surface area contributed by atoms with Gasteiger partial charge in [-0.1, -0.05) is 35.0 Å². The van der Waals surface area contributed by atoms with Crippen molar-refractivity contribution in [3.05, 3.63) is 64.1 Å². The average molecular weight is 323 g/mol. The number of benzene rings is 1. The Morgan fingerprint density at radius 2 is 2.00 bits per heavy atom. The van der Waals surface area contributed by atoms with Crippen LogP contribution in [0.4, 0.5) is 4.39 Å². The number of aromatic nitrogens is 1. The summed E-state index contributed by atoms with van der Waals surface area (Å²) in [5.74, 6) is -0.259. The molecule has 2 rings (SSSR count). The monoisotopic (exact) mass is 322 g/mol. The van der Waals surface area contributed by atoms with Crippen molar-refractivity contribution in [1.29, 1.82) is 0 Å². The lowest BCUT2D eigenvalue weighted by atomic mass is 10.0. The van der Waals surface area contributed by atoms with Gasteiger partial charge in [-0.2, -0.15) is 0 Å². The first-order valence-electron chi connectivity index (χ1n) is 6.29. The number of halogens is 2. The average Bonchev–Trinajstić information content (AvgIpc) is 2.41. The van der Waals surface area contributed by atoms with E-state index in [4.69, 9.17) is 0 Å². The third-order valence-corrected chi connectivity index (χ3v) is 3.45. The summed E-state index contributed by atoms with van der Waals surface area (Å²) in [5, 5.41) is 3.29. The Morgan fingerprint density at radius 1 is 1.26 bits per heavy atom. The standard InChI is InChI=1S/C15H16BrFN2/c1-2-18-14(15-13(17)4-3-9-19-15)10-11-5-7-12(16)8-6-11/h3-9,14,18H,2,10H2,1H3. The summed E-state index contributed by atoms with van der Waals surface area (Å²) in [5.41, 5.74) is 1.63. The van der Waals surface area contributed by atoms with Gasteiger partial charge in [0, 0.05) is 10.7 Å². The van der Waals surface area contributed by atoms with Crippen LogP contribution in [0.2, 0.25) is 0 Å². The Bertz CT molecular complexity index is 528. The minimum absolute atomic E-state index is 0.104. The minimum atomic E-state index is -0.259. The topological polar surface area (TPSA) is 24.9 Å². The van der Waals surface area contributed by atoms with Gasteiger partial charge < -0.3 is 5.32 Å². The fourth-order valence-electron chi connectivity index (χ4n) is 2.02. The number of likely N-dealkylation sites (N-methyl/N-ethyl adjacent to an activating group) is 1. The number of hydrogen-bond acceptors (Lipinski definition) is 2. The second-order valence-corrected chi connectivity index (χ2v) is 5.23. The third kappa shape index (κ3) is 3.85. The summed E-state index contributed by atoms with van der Waals surface area (Å²) in [6, 6.07) is 11.0. The quantitative estimate of drug-likeness (QED) is 0.903. The maximum Gasteiger partial charge on any atom is 0.146 e. The maximum atomic E-state index is 13.8. The molecule has 19 heavy (non-hydrogen) atoms. The van der Waals surface area contributed by atoms with Crippen LogP contribution in [0.1, 0.15) is 24.2 Å². The first-order valence-corrected chi connectivity index (χ1v) is 7.08. The zero-order chi connectivity index (χ0) is 13.7. The highest BCUT2D eigenvalue weighted by atomic mass is 79.9. The van der Waals surface area contributed by atoms with E-state index in [-0.39, 0.29) is 11.9 Å². The van der Waals surface area contributed by atoms with E-state index in [0.717, 1.165) is 23.0 Å². The highest BCUT2D eigenvalue weighted by Crippen LogP contribution is 2.20. The predicted molar refractivity (Wildman–Crippen MR) is 78.5 cm³/mol. The first-order chi connectivity index (χ1) is 9.20. The predicted octanol–water partition coefficient (Wildman–Crippen LogP) is 3.88. The molecule has 1 unspecified atom stereocenters. The summed E-state index contributed by atoms with van der Waals surface area (Å²) in [6.45, 7) is 2.78. The Balaban J connectivity index is 2.21. The lowest BCUT2D eigenvalue weighted by Crippen LogP contribution is -2.25. The molecule has 2 nitrogen and oxygen atoms in total. The van der Waals surface area contributed by atoms with Crippen LogP contribution >= 0.6 is 15.9 Å². The molecule has 0 aliphatic heterocycles. The number of rotatable bonds is 5. The summed E-state index contributed by atoms with van der Waals surface area (Å²) >= 11 is 3.41. The molecule has 0 aliphatic rings. The van der Waals surface area contributed by atoms with Crippen LogP contribution in [-0.4, -0.2) is 11.5 Å². The van der Waals surface area contributed by atoms with Crippen molar-refractivity contribution in [1.82, 2.24) is 10.3 Å². The van der Waals surface area contributed by atoms with E-state index in [0.29, 0.717) is 5.69 Å². The molecule has 1 N–H and O–H groups in total. The van der Waals surface area contributed by atoms with Gasteiger partial charge in [-0.05, 0) is 42.8 Å². The van der Waals surface area contributed by atoms with E-state index in [9.17, 15) is 4.39 Å². The molecule has 1 aromatic heterocycles. The van der Waals surface area contributed by atoms with E-state index < -0.39 is 0 Å². The molecule has 0 radical (unpaired) electrons. The van der Waals surface area contributed by atoms with Crippen molar-refractivity contribution in [2.45, 2.75) is 19.4 Å². The van der Waals surface area contributed by atoms with Gasteiger partial charge in [0.1, 0.15) is 5.82 Å². The van der Waals surface area contributed by atoms with Gasteiger partial charge in [0.15, 0.2) is 0 Å². The highest BCUT2D eigenvalue weighted by molar-refractivity contribution is 9.10. The molecule has 1 aromatic carbocycles. The molecular weight excluding hydrogens is 307 g/mol. The molecule has 1 heterocycles. The maximum absolute atomic E-state index is 13.8. The van der Waals surface area contributed by atoms with E-state index in [1.54, 1.807) is 12.3 Å². The molecule has 100 valence electrons. The van der Waals surface area contributed by atoms with Crippen molar-refractivity contribution in [3.8, 4) is 0 Å². The van der Waals surface area contributed by atoms with E-state index in [2.05, 4.69) is 26.2 Å². The van der Waals surface area contributed by atoms with Crippen LogP contribution < -0.4 is 5.32 Å². The zero-order valence-corrected chi connectivity index (χ0v) is 12.3. The van der Waals surface area contributed by atoms with Gasteiger partial charge >= 0.3 is 0 Å². The van der Waals surface area contributed by atoms with Crippen LogP contribution in [-0.2, 0) is 6.42 Å². The lowest BCUT2D eigenvalue weighted by molar-refractivity contribution is 0.494. The molecule has 0 spiro atoms. The highest BCUT2D eigenvalue weighted by Gasteiger charge is 2.16. The van der Waals surface area contributed by atoms with Crippen LogP contribution in [0, 0.1) is 5.82 Å². The Morgan fingerprint density at radius 3 is 2.63 bits per heavy atom. The van der Waals surface area contributed by atoms with Gasteiger partial charge in [-0.15, -0.1) is 0 Å². The summed E-state index contributed by atoms with van der Waals surface area (Å²) in [6.07, 6.45) is 2.35. The fraction of sp³-hybridized carbons (Fsp3) is 0.267. The number of nitrogens with one attached hydrogen (secondary N) is 1. The Kier molecular flexibility index (Phi) is 5.05. The summed E-state index contributed by atoms with van der Waals surface area (Å²) < 4.78 is 14.9. The van der Waals surface area contributed by atoms with Crippen LogP contribution in [0.3, 0.4) is 0 Å². The van der Waals surface area contributed by atoms with Crippen LogP contribution in [0.5, 0.6) is 0 Å². The van der Waals surface area contributed by atoms with Gasteiger partial charge in [0.05, 0.1) is 11.7 Å². The molecule has 0 saturated heterocycles. The molecule has 0 amide bonds. The molecule has 0 bridgehead atoms. The molecule has 0 saturated carbocycles. The lowest BCUT2D eigenvalue weighted by Gasteiger charge is -2.18. The molecule has 0 aliphatic carbocycles. The number of nitrogens with zero attached hydrogens (tertiary/aromatic N) is 1. The van der Waals surface area contributed by atoms with E-state index >= 15 is 0 Å². The van der Waals surface area contributed by atoms with Gasteiger partial charge in [0.2, 0.25) is 0 Å². The van der Waals surface area contributed by atoms with E-state index in [1.807, 2.05) is 31.2 Å². The smallest absolute Gasteiger partial charge is 0.146 e. The third-order valence-electron chi connectivity index (χ3n) is 2.92. The molecule has 0 fully saturated rings. The van der Waals surface area contributed by atoms with Crippen LogP contribution in [0.25, 0.3) is 0 Å². The van der Waals surface area contributed by atoms with Gasteiger partial charge in [-0.3, -0.25) is 4.98 Å². The van der Waals surface area contributed by atoms with Crippen molar-refractivity contribution < 1.29 is 4.39 Å². The Labute approximate surface area is 121 Å². The van der Waals surface area contributed by atoms with Gasteiger partial charge in [-0.25, -0.2) is 4.39 Å². The molecule has 4 heteroatoms. The van der Waals surface area contributed by atoms with Crippen LogP contribution in [0.15, 0.2) is 47.1 Å². The van der Waals surface area contributed by atoms with Crippen molar-refractivity contribution in [2.24, 2.45) is 0 Å². The van der Waals surface area contributed by atoms with Crippen molar-refractivity contribution in [2.75, 3.05) is 6.54 Å². The number of pyridine rings is 1. The molecule has 1 atom stereocenters. The fourth-order valence-corrected chi connectivity index (χ4v) is 2.29. The number of hydrogen-bond donors (Lipinski definition) is 1. The molecule has 2 aromatic rings. The minimum Gasteiger partial charge on any atom is -0.309 e. The zero-order valence-electron chi connectivity index (χ0n) is 10.7. The summed E-state index contributed by atoms with van der Waals surface area (Å²) in [7, 11) is 0. The SMILES string of the molecule is CCNC(Cc1ccc(Br)cc1)c1ncccc1F. The normalized spacial score (nSPS) is 12.4. The Hall–Kier alpha value is -1.26. The van der Waals surface area contributed by atoms with Crippen molar-refractivity contribution in [3.63, 3.8) is 0 Å². The van der Waals surface area contributed by atoms with E-state index in [1.165, 1.54) is 6.07 Å². The molecular formula is C15H16BrFN2. The first kappa shape index (κ1) is 14.2. The second kappa shape index (κ2) is 6.78. The van der Waals surface area contributed by atoms with Gasteiger partial charge in [0.25, 0.3) is 0 Å². The summed E-state index contributed by atoms with van der Waals surface area (Å²) in [4.78, 5) is 4.16. The largest absolute Gasteiger partial charge is 0.309 e. The van der Waals surface area contributed by atoms with Crippen molar-refractivity contribution >= 4 is 15.9 Å².